The number of hydrogen-bond acceptors (Lipinski definition) is 3. The van der Waals surface area contributed by atoms with E-state index in [4.69, 9.17) is 21.7 Å². The predicted molar refractivity (Wildman–Crippen MR) is 116 cm³/mol. The molecular weight excluding hydrogens is 426 g/mol. The highest BCUT2D eigenvalue weighted by Crippen LogP contribution is 2.28. The molecule has 0 spiro atoms. The molecule has 0 unspecified atom stereocenters. The summed E-state index contributed by atoms with van der Waals surface area (Å²) in [5.74, 6) is 1.39. The molecule has 0 bridgehead atoms. The van der Waals surface area contributed by atoms with Crippen LogP contribution in [0.5, 0.6) is 11.5 Å². The second-order valence-corrected chi connectivity index (χ2v) is 6.79. The van der Waals surface area contributed by atoms with Gasteiger partial charge in [-0.15, -0.1) is 17.1 Å². The van der Waals surface area contributed by atoms with Gasteiger partial charge in [0, 0.05) is 16.6 Å². The Labute approximate surface area is 173 Å². The Morgan fingerprint density at radius 3 is 2.67 bits per heavy atom. The Bertz CT molecular complexity index is 794. The van der Waals surface area contributed by atoms with Crippen LogP contribution in [0.15, 0.2) is 59.6 Å². The van der Waals surface area contributed by atoms with Gasteiger partial charge >= 0.3 is 0 Å². The topological polar surface area (TPSA) is 56.5 Å². The van der Waals surface area contributed by atoms with Gasteiger partial charge in [-0.1, -0.05) is 34.1 Å². The van der Waals surface area contributed by atoms with Crippen molar-refractivity contribution in [2.24, 2.45) is 0 Å². The van der Waals surface area contributed by atoms with E-state index in [1.165, 1.54) is 0 Å². The molecule has 0 amide bonds. The molecule has 3 N–H and O–H groups in total. The first-order valence-electron chi connectivity index (χ1n) is 8.50. The first-order chi connectivity index (χ1) is 13.1. The maximum absolute atomic E-state index is 5.93. The smallest absolute Gasteiger partial charge is 0.224 e. The van der Waals surface area contributed by atoms with E-state index in [-0.39, 0.29) is 0 Å². The lowest BCUT2D eigenvalue weighted by atomic mass is 10.2. The molecule has 0 aliphatic rings. The van der Waals surface area contributed by atoms with Crippen molar-refractivity contribution in [1.82, 2.24) is 10.7 Å². The lowest BCUT2D eigenvalue weighted by Crippen LogP contribution is -2.82. The first kappa shape index (κ1) is 20.9. The molecule has 2 aromatic carbocycles. The first-order valence-corrected chi connectivity index (χ1v) is 9.70. The minimum atomic E-state index is 0.472. The maximum atomic E-state index is 5.93. The molecule has 27 heavy (non-hydrogen) atoms. The van der Waals surface area contributed by atoms with Crippen LogP contribution in [0.4, 0.5) is 0 Å². The highest BCUT2D eigenvalue weighted by atomic mass is 79.9. The summed E-state index contributed by atoms with van der Waals surface area (Å²) in [6, 6.07) is 13.8. The molecule has 0 saturated carbocycles. The highest BCUT2D eigenvalue weighted by molar-refractivity contribution is 9.10. The minimum absolute atomic E-state index is 0.472. The summed E-state index contributed by atoms with van der Waals surface area (Å²) in [5, 5.41) is 6.41. The van der Waals surface area contributed by atoms with Gasteiger partial charge in [0.25, 0.3) is 0 Å². The van der Waals surface area contributed by atoms with Gasteiger partial charge in [0.2, 0.25) is 5.11 Å². The molecular formula is C20H23BrN3O2S+. The van der Waals surface area contributed by atoms with Gasteiger partial charge in [-0.3, -0.25) is 0 Å². The van der Waals surface area contributed by atoms with Crippen LogP contribution in [-0.2, 0) is 6.61 Å². The number of hydrazine groups is 1. The zero-order valence-electron chi connectivity index (χ0n) is 15.1. The Hall–Kier alpha value is -2.38. The van der Waals surface area contributed by atoms with Crippen LogP contribution in [0.1, 0.15) is 18.1 Å². The van der Waals surface area contributed by atoms with E-state index in [1.807, 2.05) is 49.4 Å². The van der Waals surface area contributed by atoms with E-state index >= 15 is 0 Å². The molecule has 2 rings (SSSR count). The number of hydrogen-bond donors (Lipinski definition) is 3. The number of halogens is 1. The Morgan fingerprint density at radius 1 is 1.19 bits per heavy atom. The zero-order chi connectivity index (χ0) is 19.5. The van der Waals surface area contributed by atoms with Crippen LogP contribution in [0, 0.1) is 0 Å². The molecule has 0 saturated heterocycles. The fraction of sp³-hybridized carbons (Fsp3) is 0.200. The lowest BCUT2D eigenvalue weighted by Gasteiger charge is -2.12. The summed E-state index contributed by atoms with van der Waals surface area (Å²) < 4.78 is 12.7. The highest BCUT2D eigenvalue weighted by Gasteiger charge is 2.08. The quantitative estimate of drug-likeness (QED) is 0.238. The van der Waals surface area contributed by atoms with E-state index in [0.717, 1.165) is 15.6 Å². The number of thiocarbonyl (C=S) groups is 1. The van der Waals surface area contributed by atoms with Gasteiger partial charge in [-0.2, -0.15) is 0 Å². The van der Waals surface area contributed by atoms with Crippen LogP contribution < -0.4 is 25.3 Å². The molecule has 0 aliphatic heterocycles. The van der Waals surface area contributed by atoms with Gasteiger partial charge in [0.1, 0.15) is 6.61 Å². The second kappa shape index (κ2) is 11.4. The molecule has 2 aromatic rings. The summed E-state index contributed by atoms with van der Waals surface area (Å²) in [4.78, 5) is 0. The predicted octanol–water partition coefficient (Wildman–Crippen LogP) is 2.49. The van der Waals surface area contributed by atoms with E-state index in [2.05, 4.69) is 38.4 Å². The van der Waals surface area contributed by atoms with Crippen LogP contribution in [-0.4, -0.2) is 24.5 Å². The van der Waals surface area contributed by atoms with Crippen molar-refractivity contribution in [1.29, 1.82) is 0 Å². The van der Waals surface area contributed by atoms with Crippen LogP contribution in [0.3, 0.4) is 0 Å². The molecule has 0 radical (unpaired) electrons. The number of benzene rings is 2. The van der Waals surface area contributed by atoms with Crippen molar-refractivity contribution < 1.29 is 14.6 Å². The van der Waals surface area contributed by atoms with Gasteiger partial charge < -0.3 is 14.8 Å². The van der Waals surface area contributed by atoms with Crippen molar-refractivity contribution in [3.05, 3.63) is 70.7 Å². The fourth-order valence-corrected chi connectivity index (χ4v) is 2.54. The van der Waals surface area contributed by atoms with Crippen molar-refractivity contribution in [3.63, 3.8) is 0 Å². The third kappa shape index (κ3) is 7.40. The van der Waals surface area contributed by atoms with Crippen molar-refractivity contribution >= 4 is 39.5 Å². The van der Waals surface area contributed by atoms with E-state index in [1.54, 1.807) is 12.3 Å². The second-order valence-electron chi connectivity index (χ2n) is 5.47. The van der Waals surface area contributed by atoms with Crippen molar-refractivity contribution in [2.75, 3.05) is 13.2 Å². The van der Waals surface area contributed by atoms with Gasteiger partial charge in [0.05, 0.1) is 6.61 Å². The van der Waals surface area contributed by atoms with Gasteiger partial charge in [-0.25, -0.2) is 0 Å². The summed E-state index contributed by atoms with van der Waals surface area (Å²) in [6.07, 6.45) is 3.53. The largest absolute Gasteiger partial charge is 0.490 e. The summed E-state index contributed by atoms with van der Waals surface area (Å²) in [5.41, 5.74) is 4.88. The van der Waals surface area contributed by atoms with E-state index in [0.29, 0.717) is 36.4 Å². The standard InChI is InChI=1S/C20H22BrN3O2S/c1-3-11-22-20(27)24-23-13-16-7-10-18(19(12-16)25-4-2)26-14-15-5-8-17(21)9-6-15/h3,5-10,12-13H,1,4,11,14H2,2H3,(H2,22,24,27)/p+1. The van der Waals surface area contributed by atoms with E-state index < -0.39 is 0 Å². The molecule has 0 fully saturated rings. The van der Waals surface area contributed by atoms with Crippen LogP contribution in [0.2, 0.25) is 0 Å². The number of ether oxygens (including phenoxy) is 2. The van der Waals surface area contributed by atoms with Crippen LogP contribution in [0.25, 0.3) is 0 Å². The molecule has 5 nitrogen and oxygen atoms in total. The van der Waals surface area contributed by atoms with Gasteiger partial charge in [-0.05, 0) is 55.0 Å². The molecule has 142 valence electrons. The molecule has 7 heteroatoms. The zero-order valence-corrected chi connectivity index (χ0v) is 17.5. The van der Waals surface area contributed by atoms with E-state index in [9.17, 15) is 0 Å². The molecule has 0 atom stereocenters. The third-order valence-corrected chi connectivity index (χ3v) is 4.18. The number of rotatable bonds is 9. The van der Waals surface area contributed by atoms with Gasteiger partial charge in [0.15, 0.2) is 17.7 Å². The molecule has 0 aromatic heterocycles. The Balaban J connectivity index is 2.01. The summed E-state index contributed by atoms with van der Waals surface area (Å²) in [7, 11) is 0. The number of nitrogens with one attached hydrogen (secondary N) is 3. The third-order valence-electron chi connectivity index (χ3n) is 3.41. The fourth-order valence-electron chi connectivity index (χ4n) is 2.14. The van der Waals surface area contributed by atoms with Crippen molar-refractivity contribution in [2.45, 2.75) is 13.5 Å². The SMILES string of the molecule is C=CCNC(=S)N[NH+]=Cc1ccc(OCc2ccc(Br)cc2)c(OCC)c1. The minimum Gasteiger partial charge on any atom is -0.490 e. The molecule has 0 heterocycles. The average Bonchev–Trinajstić information content (AvgIpc) is 2.67. The Kier molecular flexibility index (Phi) is 8.80. The molecule has 0 aliphatic carbocycles. The summed E-state index contributed by atoms with van der Waals surface area (Å²) in [6.45, 7) is 7.20. The van der Waals surface area contributed by atoms with Crippen LogP contribution >= 0.6 is 28.1 Å². The summed E-state index contributed by atoms with van der Waals surface area (Å²) >= 11 is 8.54. The monoisotopic (exact) mass is 448 g/mol. The lowest BCUT2D eigenvalue weighted by molar-refractivity contribution is -0.500. The van der Waals surface area contributed by atoms with Crippen molar-refractivity contribution in [3.8, 4) is 11.5 Å². The average molecular weight is 449 g/mol. The normalized spacial score (nSPS) is 10.4. The maximum Gasteiger partial charge on any atom is 0.224 e. The number of hydrazone groups is 1. The Morgan fingerprint density at radius 2 is 1.96 bits per heavy atom.